The molecule has 1 aliphatic rings. The van der Waals surface area contributed by atoms with Crippen molar-refractivity contribution in [3.05, 3.63) is 0 Å². The van der Waals surface area contributed by atoms with Crippen LogP contribution in [0.2, 0.25) is 0 Å². The number of hydrogen-bond acceptors (Lipinski definition) is 3. The summed E-state index contributed by atoms with van der Waals surface area (Å²) >= 11 is 0. The minimum absolute atomic E-state index is 0.0183. The van der Waals surface area contributed by atoms with E-state index in [1.165, 1.54) is 57.8 Å². The Balaban J connectivity index is 1.82. The van der Waals surface area contributed by atoms with E-state index in [1.54, 1.807) is 0 Å². The Bertz CT molecular complexity index is 308. The average molecular weight is 295 g/mol. The van der Waals surface area contributed by atoms with E-state index in [0.29, 0.717) is 0 Å². The van der Waals surface area contributed by atoms with Gasteiger partial charge in [0, 0.05) is 12.5 Å². The average Bonchev–Trinajstić information content (AvgIpc) is 3.28. The van der Waals surface area contributed by atoms with Gasteiger partial charge >= 0.3 is 0 Å². The lowest BCUT2D eigenvalue weighted by molar-refractivity contribution is 0.219. The first kappa shape index (κ1) is 18.5. The highest BCUT2D eigenvalue weighted by atomic mass is 16.3. The van der Waals surface area contributed by atoms with Crippen molar-refractivity contribution in [3.8, 4) is 11.8 Å². The van der Waals surface area contributed by atoms with Crippen LogP contribution in [-0.2, 0) is 0 Å². The van der Waals surface area contributed by atoms with Crippen molar-refractivity contribution in [2.75, 3.05) is 6.61 Å². The molecule has 0 amide bonds. The molecule has 3 nitrogen and oxygen atoms in total. The number of aliphatic hydroxyl groups excluding tert-OH is 2. The lowest BCUT2D eigenvalue weighted by atomic mass is 10.1. The maximum absolute atomic E-state index is 9.70. The zero-order chi connectivity index (χ0) is 15.3. The summed E-state index contributed by atoms with van der Waals surface area (Å²) in [5.74, 6) is 5.93. The second-order valence-electron chi connectivity index (χ2n) is 6.18. The third-order valence-electron chi connectivity index (χ3n) is 4.17. The van der Waals surface area contributed by atoms with E-state index >= 15 is 0 Å². The molecule has 0 aromatic carbocycles. The molecule has 0 aliphatic carbocycles. The predicted molar refractivity (Wildman–Crippen MR) is 88.0 cm³/mol. The topological polar surface area (TPSA) is 62.4 Å². The van der Waals surface area contributed by atoms with E-state index in [4.69, 9.17) is 5.11 Å². The zero-order valence-electron chi connectivity index (χ0n) is 13.6. The van der Waals surface area contributed by atoms with Crippen LogP contribution < -0.4 is 5.32 Å². The van der Waals surface area contributed by atoms with Gasteiger partial charge in [-0.25, -0.2) is 0 Å². The highest BCUT2D eigenvalue weighted by molar-refractivity contribution is 5.16. The molecule has 1 saturated heterocycles. The van der Waals surface area contributed by atoms with Gasteiger partial charge in [-0.05, 0) is 6.42 Å². The van der Waals surface area contributed by atoms with Crippen molar-refractivity contribution >= 4 is 0 Å². The Kier molecular flexibility index (Phi) is 10.6. The molecule has 0 radical (unpaired) electrons. The van der Waals surface area contributed by atoms with Gasteiger partial charge in [-0.3, -0.25) is 0 Å². The standard InChI is InChI=1S/C18H33NO2/c1-2-3-4-5-6-7-8-9-10-11-12-13-14-17(21)18-16(15-20)19-18/h16-21H,2-12,15H2,1H3/t16-,17+,18-/m1/s1. The van der Waals surface area contributed by atoms with Gasteiger partial charge in [-0.1, -0.05) is 70.6 Å². The number of aliphatic hydroxyl groups is 2. The Morgan fingerprint density at radius 1 is 0.952 bits per heavy atom. The second-order valence-corrected chi connectivity index (χ2v) is 6.18. The van der Waals surface area contributed by atoms with Crippen LogP contribution >= 0.6 is 0 Å². The molecular weight excluding hydrogens is 262 g/mol. The molecule has 3 N–H and O–H groups in total. The minimum Gasteiger partial charge on any atom is -0.395 e. The molecule has 0 bridgehead atoms. The Hall–Kier alpha value is -0.560. The van der Waals surface area contributed by atoms with Crippen LogP contribution in [0.25, 0.3) is 0 Å². The van der Waals surface area contributed by atoms with Crippen LogP contribution in [0, 0.1) is 11.8 Å². The molecule has 3 heteroatoms. The van der Waals surface area contributed by atoms with Gasteiger partial charge in [0.2, 0.25) is 0 Å². The number of unbranched alkanes of at least 4 members (excludes halogenated alkanes) is 10. The summed E-state index contributed by atoms with van der Waals surface area (Å²) in [4.78, 5) is 0. The van der Waals surface area contributed by atoms with Crippen LogP contribution in [0.4, 0.5) is 0 Å². The third-order valence-corrected chi connectivity index (χ3v) is 4.17. The fraction of sp³-hybridized carbons (Fsp3) is 0.889. The lowest BCUT2D eigenvalue weighted by Gasteiger charge is -2.01. The van der Waals surface area contributed by atoms with Crippen LogP contribution in [0.5, 0.6) is 0 Å². The largest absolute Gasteiger partial charge is 0.395 e. The summed E-state index contributed by atoms with van der Waals surface area (Å²) in [5, 5.41) is 21.6. The SMILES string of the molecule is CCCCCCCCCCCCC#C[C@H](O)[C@@H]1N[C@@H]1CO. The van der Waals surface area contributed by atoms with Crippen molar-refractivity contribution < 1.29 is 10.2 Å². The van der Waals surface area contributed by atoms with Crippen molar-refractivity contribution in [1.82, 2.24) is 5.32 Å². The van der Waals surface area contributed by atoms with E-state index in [1.807, 2.05) is 0 Å². The smallest absolute Gasteiger partial charge is 0.131 e. The van der Waals surface area contributed by atoms with Gasteiger partial charge in [0.25, 0.3) is 0 Å². The molecular formula is C18H33NO2. The predicted octanol–water partition coefficient (Wildman–Crippen LogP) is 2.99. The lowest BCUT2D eigenvalue weighted by Crippen LogP contribution is -2.16. The second kappa shape index (κ2) is 12.0. The summed E-state index contributed by atoms with van der Waals surface area (Å²) in [6.45, 7) is 2.34. The highest BCUT2D eigenvalue weighted by Crippen LogP contribution is 2.14. The Morgan fingerprint density at radius 3 is 2.05 bits per heavy atom. The molecule has 1 rings (SSSR count). The molecule has 0 aromatic rings. The maximum Gasteiger partial charge on any atom is 0.131 e. The monoisotopic (exact) mass is 295 g/mol. The van der Waals surface area contributed by atoms with E-state index in [0.717, 1.165) is 12.8 Å². The van der Waals surface area contributed by atoms with E-state index in [2.05, 4.69) is 24.1 Å². The molecule has 0 saturated carbocycles. The fourth-order valence-corrected chi connectivity index (χ4v) is 2.64. The van der Waals surface area contributed by atoms with Gasteiger partial charge in [-0.2, -0.15) is 0 Å². The van der Waals surface area contributed by atoms with Gasteiger partial charge in [0.15, 0.2) is 0 Å². The summed E-state index contributed by atoms with van der Waals surface area (Å²) in [5.41, 5.74) is 0. The van der Waals surface area contributed by atoms with Crippen molar-refractivity contribution in [1.29, 1.82) is 0 Å². The van der Waals surface area contributed by atoms with E-state index in [-0.39, 0.29) is 18.7 Å². The quantitative estimate of drug-likeness (QED) is 0.295. The van der Waals surface area contributed by atoms with Crippen molar-refractivity contribution in [2.24, 2.45) is 0 Å². The normalized spacial score (nSPS) is 21.7. The summed E-state index contributed by atoms with van der Waals surface area (Å²) in [6.07, 6.45) is 13.6. The Labute approximate surface area is 130 Å². The zero-order valence-corrected chi connectivity index (χ0v) is 13.6. The molecule has 122 valence electrons. The number of hydrogen-bond donors (Lipinski definition) is 3. The molecule has 21 heavy (non-hydrogen) atoms. The van der Waals surface area contributed by atoms with Gasteiger partial charge in [0.05, 0.1) is 12.6 Å². The van der Waals surface area contributed by atoms with Gasteiger partial charge < -0.3 is 15.5 Å². The molecule has 0 spiro atoms. The van der Waals surface area contributed by atoms with E-state index in [9.17, 15) is 5.11 Å². The molecule has 1 aliphatic heterocycles. The van der Waals surface area contributed by atoms with Crippen LogP contribution in [0.1, 0.15) is 77.6 Å². The van der Waals surface area contributed by atoms with Crippen molar-refractivity contribution in [3.63, 3.8) is 0 Å². The first-order valence-electron chi connectivity index (χ1n) is 8.83. The highest BCUT2D eigenvalue weighted by Gasteiger charge is 2.40. The molecule has 3 atom stereocenters. The first-order chi connectivity index (χ1) is 10.3. The maximum atomic E-state index is 9.70. The van der Waals surface area contributed by atoms with Crippen molar-refractivity contribution in [2.45, 2.75) is 95.7 Å². The van der Waals surface area contributed by atoms with Gasteiger partial charge in [-0.15, -0.1) is 5.92 Å². The molecule has 1 fully saturated rings. The molecule has 1 heterocycles. The van der Waals surface area contributed by atoms with E-state index < -0.39 is 6.10 Å². The minimum atomic E-state index is -0.620. The summed E-state index contributed by atoms with van der Waals surface area (Å²) in [6, 6.07) is 0.0295. The molecule has 0 aromatic heterocycles. The number of nitrogens with one attached hydrogen (secondary N) is 1. The summed E-state index contributed by atoms with van der Waals surface area (Å²) < 4.78 is 0. The Morgan fingerprint density at radius 2 is 1.52 bits per heavy atom. The van der Waals surface area contributed by atoms with Gasteiger partial charge in [0.1, 0.15) is 6.10 Å². The summed E-state index contributed by atoms with van der Waals surface area (Å²) in [7, 11) is 0. The first-order valence-corrected chi connectivity index (χ1v) is 8.83. The van der Waals surface area contributed by atoms with Crippen LogP contribution in [0.15, 0.2) is 0 Å². The number of rotatable bonds is 12. The van der Waals surface area contributed by atoms with Crippen LogP contribution in [0.3, 0.4) is 0 Å². The third kappa shape index (κ3) is 9.14. The fourth-order valence-electron chi connectivity index (χ4n) is 2.64. The van der Waals surface area contributed by atoms with Crippen LogP contribution in [-0.4, -0.2) is 35.0 Å². The molecule has 0 unspecified atom stereocenters.